The highest BCUT2D eigenvalue weighted by molar-refractivity contribution is 5.27. The Hall–Kier alpha value is -0.260. The summed E-state index contributed by atoms with van der Waals surface area (Å²) >= 11 is 0. The van der Waals surface area contributed by atoms with E-state index in [0.717, 1.165) is 5.41 Å². The maximum Gasteiger partial charge on any atom is -0.00554 e. The molecule has 0 saturated heterocycles. The molecule has 1 atom stereocenters. The quantitative estimate of drug-likeness (QED) is 0.502. The maximum absolute atomic E-state index is 2.61. The first-order valence-corrected chi connectivity index (χ1v) is 6.78. The third kappa shape index (κ3) is 1.40. The van der Waals surface area contributed by atoms with Crippen molar-refractivity contribution >= 4 is 0 Å². The highest BCUT2D eigenvalue weighted by Crippen LogP contribution is 2.74. The van der Waals surface area contributed by atoms with Crippen LogP contribution in [0, 0.1) is 16.2 Å². The van der Waals surface area contributed by atoms with Crippen LogP contribution in [0.3, 0.4) is 0 Å². The lowest BCUT2D eigenvalue weighted by Gasteiger charge is -2.34. The van der Waals surface area contributed by atoms with E-state index in [9.17, 15) is 0 Å². The summed E-state index contributed by atoms with van der Waals surface area (Å²) in [7, 11) is 0. The van der Waals surface area contributed by atoms with Crippen molar-refractivity contribution in [3.63, 3.8) is 0 Å². The molecule has 0 nitrogen and oxygen atoms in total. The zero-order valence-corrected chi connectivity index (χ0v) is 10.3. The van der Waals surface area contributed by atoms with E-state index in [-0.39, 0.29) is 0 Å². The van der Waals surface area contributed by atoms with Gasteiger partial charge in [-0.1, -0.05) is 45.3 Å². The molecule has 0 unspecified atom stereocenters. The number of fused-ring (bicyclic) bond motifs is 1. The van der Waals surface area contributed by atoms with Crippen molar-refractivity contribution < 1.29 is 0 Å². The third-order valence-corrected chi connectivity index (χ3v) is 5.46. The van der Waals surface area contributed by atoms with Crippen LogP contribution >= 0.6 is 0 Å². The highest BCUT2D eigenvalue weighted by atomic mass is 14.7. The van der Waals surface area contributed by atoms with E-state index in [1.807, 2.05) is 0 Å². The zero-order chi connectivity index (χ0) is 10.6. The number of allylic oxidation sites excluding steroid dienone is 2. The first-order chi connectivity index (χ1) is 7.08. The SMILES string of the molecule is CC1(C)C=C[C@]2(CC1)CC21CCCCC1. The molecule has 0 aliphatic heterocycles. The van der Waals surface area contributed by atoms with Crippen molar-refractivity contribution in [2.24, 2.45) is 16.2 Å². The van der Waals surface area contributed by atoms with Crippen molar-refractivity contribution in [1.29, 1.82) is 0 Å². The normalized spacial score (nSPS) is 40.9. The summed E-state index contributed by atoms with van der Waals surface area (Å²) in [5, 5.41) is 0. The van der Waals surface area contributed by atoms with Gasteiger partial charge in [-0.15, -0.1) is 0 Å². The fourth-order valence-electron chi connectivity index (χ4n) is 4.15. The van der Waals surface area contributed by atoms with E-state index in [1.54, 1.807) is 0 Å². The molecule has 2 fully saturated rings. The van der Waals surface area contributed by atoms with Gasteiger partial charge in [0.1, 0.15) is 0 Å². The summed E-state index contributed by atoms with van der Waals surface area (Å²) in [5.41, 5.74) is 1.92. The maximum atomic E-state index is 2.61. The zero-order valence-electron chi connectivity index (χ0n) is 10.3. The van der Waals surface area contributed by atoms with Crippen molar-refractivity contribution in [1.82, 2.24) is 0 Å². The second-order valence-corrected chi connectivity index (χ2v) is 7.00. The Kier molecular flexibility index (Phi) is 1.92. The summed E-state index contributed by atoms with van der Waals surface area (Å²) in [6, 6.07) is 0. The molecule has 0 aromatic rings. The van der Waals surface area contributed by atoms with Crippen LogP contribution in [-0.4, -0.2) is 0 Å². The molecule has 0 radical (unpaired) electrons. The third-order valence-electron chi connectivity index (χ3n) is 5.46. The van der Waals surface area contributed by atoms with Gasteiger partial charge in [0, 0.05) is 0 Å². The van der Waals surface area contributed by atoms with E-state index in [4.69, 9.17) is 0 Å². The van der Waals surface area contributed by atoms with Crippen LogP contribution in [0.1, 0.15) is 65.2 Å². The van der Waals surface area contributed by atoms with Crippen LogP contribution in [0.2, 0.25) is 0 Å². The molecule has 0 amide bonds. The largest absolute Gasteiger partial charge is 0.0823 e. The fraction of sp³-hybridized carbons (Fsp3) is 0.867. The molecule has 0 aromatic heterocycles. The molecule has 3 rings (SSSR count). The van der Waals surface area contributed by atoms with Crippen LogP contribution in [0.15, 0.2) is 12.2 Å². The molecule has 0 aromatic carbocycles. The van der Waals surface area contributed by atoms with Gasteiger partial charge in [-0.25, -0.2) is 0 Å². The van der Waals surface area contributed by atoms with E-state index in [2.05, 4.69) is 26.0 Å². The predicted molar refractivity (Wildman–Crippen MR) is 64.7 cm³/mol. The Bertz CT molecular complexity index is 291. The van der Waals surface area contributed by atoms with Crippen LogP contribution in [0.25, 0.3) is 0 Å². The van der Waals surface area contributed by atoms with Gasteiger partial charge < -0.3 is 0 Å². The lowest BCUT2D eigenvalue weighted by atomic mass is 9.71. The van der Waals surface area contributed by atoms with Crippen LogP contribution in [0.5, 0.6) is 0 Å². The van der Waals surface area contributed by atoms with E-state index < -0.39 is 0 Å². The lowest BCUT2D eigenvalue weighted by Crippen LogP contribution is -2.22. The Balaban J connectivity index is 1.79. The monoisotopic (exact) mass is 204 g/mol. The van der Waals surface area contributed by atoms with Crippen molar-refractivity contribution in [3.8, 4) is 0 Å². The minimum atomic E-state index is 0.476. The number of hydrogen-bond acceptors (Lipinski definition) is 0. The molecule has 0 bridgehead atoms. The fourth-order valence-corrected chi connectivity index (χ4v) is 4.15. The first kappa shape index (κ1) is 9.93. The minimum Gasteiger partial charge on any atom is -0.0823 e. The second kappa shape index (κ2) is 2.90. The summed E-state index contributed by atoms with van der Waals surface area (Å²) < 4.78 is 0. The van der Waals surface area contributed by atoms with E-state index in [1.165, 1.54) is 51.4 Å². The predicted octanol–water partition coefficient (Wildman–Crippen LogP) is 4.70. The van der Waals surface area contributed by atoms with Gasteiger partial charge >= 0.3 is 0 Å². The first-order valence-electron chi connectivity index (χ1n) is 6.78. The van der Waals surface area contributed by atoms with Gasteiger partial charge in [0.25, 0.3) is 0 Å². The average Bonchev–Trinajstić information content (AvgIpc) is 2.81. The van der Waals surface area contributed by atoms with Crippen LogP contribution in [-0.2, 0) is 0 Å². The van der Waals surface area contributed by atoms with Crippen LogP contribution < -0.4 is 0 Å². The average molecular weight is 204 g/mol. The topological polar surface area (TPSA) is 0 Å². The van der Waals surface area contributed by atoms with Gasteiger partial charge in [-0.3, -0.25) is 0 Å². The number of rotatable bonds is 0. The molecule has 2 saturated carbocycles. The molecule has 2 spiro atoms. The number of hydrogen-bond donors (Lipinski definition) is 0. The molecule has 3 aliphatic carbocycles. The van der Waals surface area contributed by atoms with Crippen LogP contribution in [0.4, 0.5) is 0 Å². The molecular formula is C15H24. The summed E-state index contributed by atoms with van der Waals surface area (Å²) in [6.07, 6.45) is 17.1. The molecule has 3 aliphatic rings. The Morgan fingerprint density at radius 2 is 1.53 bits per heavy atom. The summed E-state index contributed by atoms with van der Waals surface area (Å²) in [4.78, 5) is 0. The molecule has 0 heteroatoms. The summed E-state index contributed by atoms with van der Waals surface area (Å²) in [6.45, 7) is 4.76. The van der Waals surface area contributed by atoms with Crippen molar-refractivity contribution in [3.05, 3.63) is 12.2 Å². The Morgan fingerprint density at radius 3 is 2.13 bits per heavy atom. The van der Waals surface area contributed by atoms with Gasteiger partial charge in [-0.2, -0.15) is 0 Å². The molecule has 0 heterocycles. The lowest BCUT2D eigenvalue weighted by molar-refractivity contribution is 0.237. The molecule has 15 heavy (non-hydrogen) atoms. The van der Waals surface area contributed by atoms with E-state index >= 15 is 0 Å². The van der Waals surface area contributed by atoms with Crippen molar-refractivity contribution in [2.45, 2.75) is 65.2 Å². The van der Waals surface area contributed by atoms with E-state index in [0.29, 0.717) is 10.8 Å². The molecule has 84 valence electrons. The summed E-state index contributed by atoms with van der Waals surface area (Å²) in [5.74, 6) is 0. The Morgan fingerprint density at radius 1 is 0.800 bits per heavy atom. The highest BCUT2D eigenvalue weighted by Gasteiger charge is 2.65. The second-order valence-electron chi connectivity index (χ2n) is 7.00. The minimum absolute atomic E-state index is 0.476. The Labute approximate surface area is 94.1 Å². The van der Waals surface area contributed by atoms with Gasteiger partial charge in [0.05, 0.1) is 0 Å². The van der Waals surface area contributed by atoms with Gasteiger partial charge in [0.15, 0.2) is 0 Å². The van der Waals surface area contributed by atoms with Gasteiger partial charge in [0.2, 0.25) is 0 Å². The van der Waals surface area contributed by atoms with Gasteiger partial charge in [-0.05, 0) is 48.3 Å². The smallest absolute Gasteiger partial charge is 0.00554 e. The van der Waals surface area contributed by atoms with Crippen molar-refractivity contribution in [2.75, 3.05) is 0 Å². The standard InChI is InChI=1S/C15H24/c1-13(2)8-10-15(11-9-13)12-14(15)6-4-3-5-7-14/h8,10H,3-7,9,11-12H2,1-2H3/t15-/m0/s1. The molecule has 0 N–H and O–H groups in total. The molecular weight excluding hydrogens is 180 g/mol.